The number of ether oxygens (including phenoxy) is 1. The Morgan fingerprint density at radius 1 is 1.13 bits per heavy atom. The van der Waals surface area contributed by atoms with Gasteiger partial charge >= 0.3 is 0 Å². The van der Waals surface area contributed by atoms with Gasteiger partial charge in [0.15, 0.2) is 0 Å². The third kappa shape index (κ3) is 4.65. The highest BCUT2D eigenvalue weighted by Gasteiger charge is 2.16. The predicted octanol–water partition coefficient (Wildman–Crippen LogP) is 4.73. The number of aryl methyl sites for hydroxylation is 2. The lowest BCUT2D eigenvalue weighted by molar-refractivity contribution is 0.301. The van der Waals surface area contributed by atoms with E-state index in [-0.39, 0.29) is 5.56 Å². The summed E-state index contributed by atoms with van der Waals surface area (Å²) in [5, 5.41) is 3.00. The van der Waals surface area contributed by atoms with Crippen molar-refractivity contribution in [3.05, 3.63) is 79.7 Å². The fourth-order valence-electron chi connectivity index (χ4n) is 4.44. The van der Waals surface area contributed by atoms with E-state index in [1.54, 1.807) is 22.0 Å². The van der Waals surface area contributed by atoms with Crippen molar-refractivity contribution in [3.8, 4) is 5.75 Å². The molecule has 0 amide bonds. The Labute approximate surface area is 186 Å². The second kappa shape index (κ2) is 8.81. The standard InChI is InChI=1S/C25H27N3O2S/c1-18-26-22(17-31-18)16-30-24-8-11-28(25(29)14-24)23-7-6-20-12-19(4-5-21(20)13-23)15-27-9-2-3-10-27/h4-5,8,11-14,17H,2-3,6-7,9-10,15-16H2,1H3. The molecule has 0 unspecified atom stereocenters. The molecule has 0 bridgehead atoms. The number of fused-ring (bicyclic) bond motifs is 1. The average Bonchev–Trinajstić information content (AvgIpc) is 3.43. The number of allylic oxidation sites excluding steroid dienone is 1. The minimum absolute atomic E-state index is 0.0627. The molecular formula is C25H27N3O2S. The van der Waals surface area contributed by atoms with E-state index in [0.717, 1.165) is 35.8 Å². The first-order valence-electron chi connectivity index (χ1n) is 11.0. The van der Waals surface area contributed by atoms with Crippen molar-refractivity contribution < 1.29 is 4.74 Å². The molecule has 160 valence electrons. The number of benzene rings is 1. The number of rotatable bonds is 6. The summed E-state index contributed by atoms with van der Waals surface area (Å²) in [4.78, 5) is 19.7. The van der Waals surface area contributed by atoms with Gasteiger partial charge in [0.25, 0.3) is 5.56 Å². The Kier molecular flexibility index (Phi) is 5.74. The molecule has 0 spiro atoms. The third-order valence-corrected chi connectivity index (χ3v) is 6.86. The average molecular weight is 434 g/mol. The summed E-state index contributed by atoms with van der Waals surface area (Å²) in [5.41, 5.74) is 5.86. The van der Waals surface area contributed by atoms with Gasteiger partial charge in [-0.1, -0.05) is 18.2 Å². The van der Waals surface area contributed by atoms with Gasteiger partial charge < -0.3 is 4.74 Å². The van der Waals surface area contributed by atoms with Gasteiger partial charge in [-0.2, -0.15) is 0 Å². The van der Waals surface area contributed by atoms with Crippen molar-refractivity contribution >= 4 is 23.1 Å². The van der Waals surface area contributed by atoms with Crippen LogP contribution in [0.25, 0.3) is 11.8 Å². The largest absolute Gasteiger partial charge is 0.487 e. The zero-order chi connectivity index (χ0) is 21.2. The highest BCUT2D eigenvalue weighted by Crippen LogP contribution is 2.28. The van der Waals surface area contributed by atoms with Crippen LogP contribution in [0, 0.1) is 6.92 Å². The molecule has 1 aliphatic heterocycles. The molecule has 1 aromatic carbocycles. The SMILES string of the molecule is Cc1nc(COc2ccn(C3=Cc4ccc(CN5CCCC5)cc4CC3)c(=O)c2)cs1. The first-order valence-corrected chi connectivity index (χ1v) is 11.8. The summed E-state index contributed by atoms with van der Waals surface area (Å²) in [6.45, 7) is 5.83. The third-order valence-electron chi connectivity index (χ3n) is 6.04. The summed E-state index contributed by atoms with van der Waals surface area (Å²) in [7, 11) is 0. The lowest BCUT2D eigenvalue weighted by Gasteiger charge is -2.20. The van der Waals surface area contributed by atoms with Crippen molar-refractivity contribution in [1.29, 1.82) is 0 Å². The molecule has 0 atom stereocenters. The van der Waals surface area contributed by atoms with Gasteiger partial charge in [0.05, 0.1) is 10.7 Å². The number of hydrogen-bond acceptors (Lipinski definition) is 5. The van der Waals surface area contributed by atoms with E-state index in [2.05, 4.69) is 34.2 Å². The molecule has 6 heteroatoms. The monoisotopic (exact) mass is 433 g/mol. The van der Waals surface area contributed by atoms with Crippen LogP contribution in [0.4, 0.5) is 0 Å². The van der Waals surface area contributed by atoms with Crippen LogP contribution in [0.3, 0.4) is 0 Å². The van der Waals surface area contributed by atoms with Crippen molar-refractivity contribution in [2.24, 2.45) is 0 Å². The molecule has 3 aromatic rings. The smallest absolute Gasteiger partial charge is 0.258 e. The van der Waals surface area contributed by atoms with E-state index in [1.165, 1.54) is 42.6 Å². The summed E-state index contributed by atoms with van der Waals surface area (Å²) < 4.78 is 7.50. The van der Waals surface area contributed by atoms with Crippen molar-refractivity contribution in [2.75, 3.05) is 13.1 Å². The number of nitrogens with zero attached hydrogens (tertiary/aromatic N) is 3. The lowest BCUT2D eigenvalue weighted by Crippen LogP contribution is -2.20. The van der Waals surface area contributed by atoms with Gasteiger partial charge in [-0.05, 0) is 74.5 Å². The van der Waals surface area contributed by atoms with E-state index < -0.39 is 0 Å². The van der Waals surface area contributed by atoms with Crippen LogP contribution in [0.2, 0.25) is 0 Å². The number of thiazole rings is 1. The van der Waals surface area contributed by atoms with Gasteiger partial charge in [0.2, 0.25) is 0 Å². The van der Waals surface area contributed by atoms with Crippen LogP contribution in [-0.2, 0) is 19.6 Å². The Morgan fingerprint density at radius 3 is 2.77 bits per heavy atom. The first-order chi connectivity index (χ1) is 15.1. The fraction of sp³-hybridized carbons (Fsp3) is 0.360. The molecular weight excluding hydrogens is 406 g/mol. The van der Waals surface area contributed by atoms with Crippen LogP contribution in [-0.4, -0.2) is 27.5 Å². The summed E-state index contributed by atoms with van der Waals surface area (Å²) in [6, 6.07) is 10.2. The van der Waals surface area contributed by atoms with E-state index >= 15 is 0 Å². The van der Waals surface area contributed by atoms with Gasteiger partial charge in [-0.3, -0.25) is 14.3 Å². The quantitative estimate of drug-likeness (QED) is 0.564. The second-order valence-corrected chi connectivity index (χ2v) is 9.43. The molecule has 2 aromatic heterocycles. The molecule has 31 heavy (non-hydrogen) atoms. The van der Waals surface area contributed by atoms with Crippen molar-refractivity contribution in [1.82, 2.24) is 14.5 Å². The molecule has 0 N–H and O–H groups in total. The number of pyridine rings is 1. The maximum atomic E-state index is 12.7. The highest BCUT2D eigenvalue weighted by molar-refractivity contribution is 7.09. The Hall–Kier alpha value is -2.70. The molecule has 1 aliphatic carbocycles. The van der Waals surface area contributed by atoms with Crippen LogP contribution in [0.1, 0.15) is 46.7 Å². The molecule has 2 aliphatic rings. The summed E-state index contributed by atoms with van der Waals surface area (Å²) in [5.74, 6) is 0.579. The molecule has 0 saturated carbocycles. The number of hydrogen-bond donors (Lipinski definition) is 0. The van der Waals surface area contributed by atoms with E-state index in [0.29, 0.717) is 12.4 Å². The Balaban J connectivity index is 1.30. The van der Waals surface area contributed by atoms with Crippen LogP contribution >= 0.6 is 11.3 Å². The first kappa shape index (κ1) is 20.2. The van der Waals surface area contributed by atoms with Gasteiger partial charge in [0.1, 0.15) is 12.4 Å². The van der Waals surface area contributed by atoms with Crippen LogP contribution < -0.4 is 10.3 Å². The zero-order valence-corrected chi connectivity index (χ0v) is 18.7. The molecule has 5 nitrogen and oxygen atoms in total. The Bertz CT molecular complexity index is 1170. The highest BCUT2D eigenvalue weighted by atomic mass is 32.1. The van der Waals surface area contributed by atoms with Crippen molar-refractivity contribution in [2.45, 2.75) is 45.8 Å². The fourth-order valence-corrected chi connectivity index (χ4v) is 5.04. The zero-order valence-electron chi connectivity index (χ0n) is 17.8. The molecule has 1 fully saturated rings. The van der Waals surface area contributed by atoms with Gasteiger partial charge in [0, 0.05) is 29.9 Å². The minimum atomic E-state index is -0.0627. The maximum absolute atomic E-state index is 12.7. The van der Waals surface area contributed by atoms with Crippen LogP contribution in [0.5, 0.6) is 5.75 Å². The minimum Gasteiger partial charge on any atom is -0.487 e. The lowest BCUT2D eigenvalue weighted by atomic mass is 9.93. The van der Waals surface area contributed by atoms with E-state index in [9.17, 15) is 4.79 Å². The number of likely N-dealkylation sites (tertiary alicyclic amines) is 1. The van der Waals surface area contributed by atoms with Gasteiger partial charge in [-0.15, -0.1) is 11.3 Å². The molecule has 0 radical (unpaired) electrons. The molecule has 1 saturated heterocycles. The predicted molar refractivity (Wildman–Crippen MR) is 125 cm³/mol. The summed E-state index contributed by atoms with van der Waals surface area (Å²) in [6.07, 6.45) is 8.43. The van der Waals surface area contributed by atoms with E-state index in [4.69, 9.17) is 4.74 Å². The Morgan fingerprint density at radius 2 is 2.00 bits per heavy atom. The van der Waals surface area contributed by atoms with Gasteiger partial charge in [-0.25, -0.2) is 4.98 Å². The maximum Gasteiger partial charge on any atom is 0.258 e. The van der Waals surface area contributed by atoms with E-state index in [1.807, 2.05) is 24.6 Å². The second-order valence-electron chi connectivity index (χ2n) is 8.37. The normalized spacial score (nSPS) is 16.2. The summed E-state index contributed by atoms with van der Waals surface area (Å²) >= 11 is 1.60. The topological polar surface area (TPSA) is 47.4 Å². The van der Waals surface area contributed by atoms with Crippen molar-refractivity contribution in [3.63, 3.8) is 0 Å². The van der Waals surface area contributed by atoms with Crippen LogP contribution in [0.15, 0.2) is 46.7 Å². The molecule has 5 rings (SSSR count). The number of aromatic nitrogens is 2. The molecule has 3 heterocycles.